The highest BCUT2D eigenvalue weighted by Crippen LogP contribution is 2.29. The maximum atomic E-state index is 12.6. The number of benzene rings is 2. The average molecular weight is 408 g/mol. The van der Waals surface area contributed by atoms with Crippen LogP contribution < -0.4 is 16.0 Å². The molecule has 0 radical (unpaired) electrons. The van der Waals surface area contributed by atoms with Crippen molar-refractivity contribution in [1.82, 2.24) is 10.6 Å². The lowest BCUT2D eigenvalue weighted by molar-refractivity contribution is -0.137. The number of hydrogen-bond acceptors (Lipinski definition) is 3. The van der Waals surface area contributed by atoms with Crippen molar-refractivity contribution in [3.05, 3.63) is 65.2 Å². The summed E-state index contributed by atoms with van der Waals surface area (Å²) in [4.78, 5) is 4.53. The summed E-state index contributed by atoms with van der Waals surface area (Å²) in [6, 6.07) is 13.1. The van der Waals surface area contributed by atoms with Crippen molar-refractivity contribution in [2.75, 3.05) is 32.1 Å². The third kappa shape index (κ3) is 8.03. The molecule has 2 rings (SSSR count). The molecule has 0 amide bonds. The number of rotatable bonds is 9. The molecule has 0 bridgehead atoms. The zero-order valence-corrected chi connectivity index (χ0v) is 16.6. The molecule has 0 aliphatic rings. The van der Waals surface area contributed by atoms with Crippen molar-refractivity contribution in [1.29, 1.82) is 0 Å². The van der Waals surface area contributed by atoms with E-state index in [1.807, 2.05) is 31.2 Å². The third-order valence-electron chi connectivity index (χ3n) is 4.09. The van der Waals surface area contributed by atoms with Crippen LogP contribution in [0.1, 0.15) is 23.6 Å². The second kappa shape index (κ2) is 11.3. The Labute approximate surface area is 169 Å². The van der Waals surface area contributed by atoms with Crippen LogP contribution >= 0.6 is 0 Å². The van der Waals surface area contributed by atoms with E-state index in [2.05, 4.69) is 20.9 Å². The van der Waals surface area contributed by atoms with Crippen LogP contribution in [0.5, 0.6) is 0 Å². The topological polar surface area (TPSA) is 57.7 Å². The third-order valence-corrected chi connectivity index (χ3v) is 4.09. The minimum atomic E-state index is -4.32. The Morgan fingerprint density at radius 1 is 0.966 bits per heavy atom. The van der Waals surface area contributed by atoms with Gasteiger partial charge in [0.25, 0.3) is 0 Å². The largest absolute Gasteiger partial charge is 0.416 e. The van der Waals surface area contributed by atoms with E-state index in [0.717, 1.165) is 35.5 Å². The van der Waals surface area contributed by atoms with Crippen LogP contribution in [0.4, 0.5) is 18.9 Å². The molecule has 3 N–H and O–H groups in total. The SMILES string of the molecule is CCNC(=NCc1ccc(NCCOC)cc1)NCc1ccc(C(F)(F)F)cc1. The van der Waals surface area contributed by atoms with Gasteiger partial charge in [-0.1, -0.05) is 24.3 Å². The Bertz CT molecular complexity index is 759. The molecule has 0 aliphatic heterocycles. The Kier molecular flexibility index (Phi) is 8.79. The van der Waals surface area contributed by atoms with Gasteiger partial charge in [-0.05, 0) is 42.3 Å². The molecule has 0 aromatic heterocycles. The fraction of sp³-hybridized carbons (Fsp3) is 0.381. The molecule has 0 spiro atoms. The fourth-order valence-electron chi connectivity index (χ4n) is 2.53. The lowest BCUT2D eigenvalue weighted by atomic mass is 10.1. The number of hydrogen-bond donors (Lipinski definition) is 3. The van der Waals surface area contributed by atoms with Gasteiger partial charge in [-0.25, -0.2) is 4.99 Å². The number of methoxy groups -OCH3 is 1. The minimum absolute atomic E-state index is 0.381. The maximum Gasteiger partial charge on any atom is 0.416 e. The average Bonchev–Trinajstić information content (AvgIpc) is 2.71. The maximum absolute atomic E-state index is 12.6. The molecule has 5 nitrogen and oxygen atoms in total. The molecule has 0 fully saturated rings. The molecule has 8 heteroatoms. The number of aliphatic imine (C=N–C) groups is 1. The van der Waals surface area contributed by atoms with Crippen molar-refractivity contribution in [3.63, 3.8) is 0 Å². The predicted octanol–water partition coefficient (Wildman–Crippen LogP) is 4.02. The second-order valence-electron chi connectivity index (χ2n) is 6.36. The van der Waals surface area contributed by atoms with E-state index in [1.165, 1.54) is 12.1 Å². The van der Waals surface area contributed by atoms with E-state index in [-0.39, 0.29) is 0 Å². The monoisotopic (exact) mass is 408 g/mol. The van der Waals surface area contributed by atoms with Gasteiger partial charge in [0, 0.05) is 32.4 Å². The molecule has 158 valence electrons. The molecule has 0 heterocycles. The van der Waals surface area contributed by atoms with Crippen molar-refractivity contribution in [3.8, 4) is 0 Å². The summed E-state index contributed by atoms with van der Waals surface area (Å²) in [6.45, 7) is 4.89. The number of nitrogens with one attached hydrogen (secondary N) is 3. The standard InChI is InChI=1S/C21H27F3N4O/c1-3-25-20(27-14-16-4-8-18(9-5-16)21(22,23)24)28-15-17-6-10-19(11-7-17)26-12-13-29-2/h4-11,26H,3,12-15H2,1-2H3,(H2,25,27,28). The van der Waals surface area contributed by atoms with Crippen molar-refractivity contribution in [2.24, 2.45) is 4.99 Å². The van der Waals surface area contributed by atoms with Crippen LogP contribution in [0, 0.1) is 0 Å². The van der Waals surface area contributed by atoms with Gasteiger partial charge in [0.1, 0.15) is 0 Å². The van der Waals surface area contributed by atoms with Crippen LogP contribution in [0.25, 0.3) is 0 Å². The highest BCUT2D eigenvalue weighted by molar-refractivity contribution is 5.79. The van der Waals surface area contributed by atoms with Gasteiger partial charge in [-0.3, -0.25) is 0 Å². The molecule has 0 aliphatic carbocycles. The van der Waals surface area contributed by atoms with E-state index < -0.39 is 11.7 Å². The first-order valence-corrected chi connectivity index (χ1v) is 9.42. The van der Waals surface area contributed by atoms with Gasteiger partial charge in [-0.15, -0.1) is 0 Å². The second-order valence-corrected chi connectivity index (χ2v) is 6.36. The summed E-state index contributed by atoms with van der Waals surface area (Å²) in [5.74, 6) is 0.606. The Morgan fingerprint density at radius 2 is 1.62 bits per heavy atom. The van der Waals surface area contributed by atoms with Gasteiger partial charge in [0.2, 0.25) is 0 Å². The molecular weight excluding hydrogens is 381 g/mol. The normalized spacial score (nSPS) is 12.0. The van der Waals surface area contributed by atoms with Gasteiger partial charge < -0.3 is 20.7 Å². The number of guanidine groups is 1. The summed E-state index contributed by atoms with van der Waals surface area (Å²) >= 11 is 0. The highest BCUT2D eigenvalue weighted by atomic mass is 19.4. The van der Waals surface area contributed by atoms with E-state index in [9.17, 15) is 13.2 Å². The van der Waals surface area contributed by atoms with Gasteiger partial charge in [-0.2, -0.15) is 13.2 Å². The van der Waals surface area contributed by atoms with Crippen molar-refractivity contribution in [2.45, 2.75) is 26.2 Å². The summed E-state index contributed by atoms with van der Waals surface area (Å²) in [6.07, 6.45) is -4.32. The quantitative estimate of drug-likeness (QED) is 0.333. The Morgan fingerprint density at radius 3 is 2.21 bits per heavy atom. The first-order valence-electron chi connectivity index (χ1n) is 9.42. The smallest absolute Gasteiger partial charge is 0.383 e. The first kappa shape index (κ1) is 22.5. The summed E-state index contributed by atoms with van der Waals surface area (Å²) in [5, 5.41) is 9.53. The van der Waals surface area contributed by atoms with Crippen molar-refractivity contribution >= 4 is 11.6 Å². The molecule has 0 saturated heterocycles. The molecule has 0 atom stereocenters. The Balaban J connectivity index is 1.90. The molecule has 29 heavy (non-hydrogen) atoms. The summed E-state index contributed by atoms with van der Waals surface area (Å²) < 4.78 is 42.9. The zero-order valence-electron chi connectivity index (χ0n) is 16.6. The van der Waals surface area contributed by atoms with E-state index in [0.29, 0.717) is 32.2 Å². The number of anilines is 1. The van der Waals surface area contributed by atoms with Crippen LogP contribution in [-0.4, -0.2) is 32.8 Å². The summed E-state index contributed by atoms with van der Waals surface area (Å²) in [7, 11) is 1.66. The van der Waals surface area contributed by atoms with Crippen LogP contribution in [0.2, 0.25) is 0 Å². The van der Waals surface area contributed by atoms with Crippen LogP contribution in [-0.2, 0) is 24.0 Å². The van der Waals surface area contributed by atoms with E-state index in [4.69, 9.17) is 4.74 Å². The molecule has 0 saturated carbocycles. The zero-order chi connectivity index (χ0) is 21.1. The Hall–Kier alpha value is -2.74. The molecule has 0 unspecified atom stereocenters. The number of nitrogens with zero attached hydrogens (tertiary/aromatic N) is 1. The predicted molar refractivity (Wildman–Crippen MR) is 110 cm³/mol. The lowest BCUT2D eigenvalue weighted by Crippen LogP contribution is -2.36. The van der Waals surface area contributed by atoms with Gasteiger partial charge in [0.15, 0.2) is 5.96 Å². The van der Waals surface area contributed by atoms with Gasteiger partial charge >= 0.3 is 6.18 Å². The lowest BCUT2D eigenvalue weighted by Gasteiger charge is -2.12. The van der Waals surface area contributed by atoms with E-state index in [1.54, 1.807) is 7.11 Å². The van der Waals surface area contributed by atoms with Gasteiger partial charge in [0.05, 0.1) is 18.7 Å². The van der Waals surface area contributed by atoms with Crippen LogP contribution in [0.3, 0.4) is 0 Å². The molecular formula is C21H27F3N4O. The van der Waals surface area contributed by atoms with Crippen molar-refractivity contribution < 1.29 is 17.9 Å². The highest BCUT2D eigenvalue weighted by Gasteiger charge is 2.29. The first-order chi connectivity index (χ1) is 13.9. The van der Waals surface area contributed by atoms with Crippen LogP contribution in [0.15, 0.2) is 53.5 Å². The minimum Gasteiger partial charge on any atom is -0.383 e. The van der Waals surface area contributed by atoms with E-state index >= 15 is 0 Å². The molecule has 2 aromatic carbocycles. The fourth-order valence-corrected chi connectivity index (χ4v) is 2.53. The number of ether oxygens (including phenoxy) is 1. The number of halogens is 3. The summed E-state index contributed by atoms with van der Waals surface area (Å²) in [5.41, 5.74) is 2.16. The number of alkyl halides is 3. The molecule has 2 aromatic rings.